The molecular formula is C9H12S4. The Kier molecular flexibility index (Phi) is 3.84. The first kappa shape index (κ1) is 10.1. The van der Waals surface area contributed by atoms with E-state index in [1.165, 1.54) is 36.3 Å². The molecule has 0 bridgehead atoms. The molecule has 1 aromatic rings. The van der Waals surface area contributed by atoms with Gasteiger partial charge in [-0.3, -0.25) is 0 Å². The largest absolute Gasteiger partial charge is 0.111 e. The van der Waals surface area contributed by atoms with Crippen molar-refractivity contribution in [1.82, 2.24) is 0 Å². The summed E-state index contributed by atoms with van der Waals surface area (Å²) >= 11 is 7.16. The molecule has 0 amide bonds. The maximum absolute atomic E-state index is 5.12. The number of rotatable bonds is 2. The molecule has 1 heterocycles. The van der Waals surface area contributed by atoms with E-state index >= 15 is 0 Å². The van der Waals surface area contributed by atoms with Crippen LogP contribution >= 0.6 is 44.7 Å². The van der Waals surface area contributed by atoms with Crippen molar-refractivity contribution in [2.24, 2.45) is 0 Å². The van der Waals surface area contributed by atoms with Crippen LogP contribution in [0.3, 0.4) is 0 Å². The summed E-state index contributed by atoms with van der Waals surface area (Å²) in [5.41, 5.74) is 0. The van der Waals surface area contributed by atoms with Crippen molar-refractivity contribution in [2.75, 3.05) is 0 Å². The zero-order chi connectivity index (χ0) is 9.10. The van der Waals surface area contributed by atoms with Gasteiger partial charge in [0.05, 0.1) is 4.21 Å². The molecule has 0 N–H and O–H groups in total. The minimum absolute atomic E-state index is 0.869. The lowest BCUT2D eigenvalue weighted by molar-refractivity contribution is 0.516. The van der Waals surface area contributed by atoms with Crippen LogP contribution in [0.5, 0.6) is 0 Å². The summed E-state index contributed by atoms with van der Waals surface area (Å²) in [6.07, 6.45) is 7.09. The van der Waals surface area contributed by atoms with E-state index in [0.717, 1.165) is 9.07 Å². The second-order valence-corrected chi connectivity index (χ2v) is 7.84. The molecule has 1 fully saturated rings. The third-order valence-electron chi connectivity index (χ3n) is 2.28. The molecule has 0 radical (unpaired) electrons. The molecule has 2 rings (SSSR count). The minimum Gasteiger partial charge on any atom is -0.111 e. The van der Waals surface area contributed by atoms with Gasteiger partial charge in [0, 0.05) is 5.25 Å². The van der Waals surface area contributed by atoms with E-state index in [0.29, 0.717) is 0 Å². The fourth-order valence-electron chi connectivity index (χ4n) is 1.63. The summed E-state index contributed by atoms with van der Waals surface area (Å²) in [6.45, 7) is 0. The molecule has 0 unspecified atom stereocenters. The monoisotopic (exact) mass is 248 g/mol. The smallest absolute Gasteiger partial charge is 0.103 e. The Bertz CT molecular complexity index is 305. The zero-order valence-electron chi connectivity index (χ0n) is 7.32. The van der Waals surface area contributed by atoms with Crippen LogP contribution in [-0.4, -0.2) is 5.25 Å². The van der Waals surface area contributed by atoms with Gasteiger partial charge in [-0.25, -0.2) is 0 Å². The molecule has 72 valence electrons. The molecule has 1 aromatic heterocycles. The third kappa shape index (κ3) is 3.05. The third-order valence-corrected chi connectivity index (χ3v) is 6.95. The van der Waals surface area contributed by atoms with Gasteiger partial charge in [0.25, 0.3) is 0 Å². The summed E-state index contributed by atoms with van der Waals surface area (Å²) in [5, 5.41) is 0.869. The van der Waals surface area contributed by atoms with Gasteiger partial charge in [-0.15, -0.1) is 11.8 Å². The lowest BCUT2D eigenvalue weighted by atomic mass is 10.0. The van der Waals surface area contributed by atoms with Crippen LogP contribution < -0.4 is 0 Å². The van der Waals surface area contributed by atoms with Crippen LogP contribution in [0.4, 0.5) is 0 Å². The molecule has 0 saturated heterocycles. The van der Waals surface area contributed by atoms with Gasteiger partial charge in [-0.1, -0.05) is 52.2 Å². The SMILES string of the molecule is S=c1cc(SC2CCCCC2)ss1. The Morgan fingerprint density at radius 2 is 2.00 bits per heavy atom. The lowest BCUT2D eigenvalue weighted by Crippen LogP contribution is -2.06. The van der Waals surface area contributed by atoms with E-state index in [-0.39, 0.29) is 0 Å². The van der Waals surface area contributed by atoms with Crippen molar-refractivity contribution in [1.29, 1.82) is 0 Å². The summed E-state index contributed by atoms with van der Waals surface area (Å²) in [6, 6.07) is 2.16. The molecule has 0 atom stereocenters. The highest BCUT2D eigenvalue weighted by molar-refractivity contribution is 8.03. The number of thioether (sulfide) groups is 1. The number of hydrogen-bond acceptors (Lipinski definition) is 4. The van der Waals surface area contributed by atoms with Crippen molar-refractivity contribution in [3.63, 3.8) is 0 Å². The Morgan fingerprint density at radius 3 is 2.62 bits per heavy atom. The fourth-order valence-corrected chi connectivity index (χ4v) is 5.94. The average molecular weight is 248 g/mol. The Labute approximate surface area is 95.8 Å². The maximum atomic E-state index is 5.12. The Balaban J connectivity index is 1.93. The van der Waals surface area contributed by atoms with E-state index in [4.69, 9.17) is 12.2 Å². The molecule has 0 aliphatic heterocycles. The average Bonchev–Trinajstić information content (AvgIpc) is 2.53. The predicted molar refractivity (Wildman–Crippen MR) is 65.8 cm³/mol. The second kappa shape index (κ2) is 4.91. The van der Waals surface area contributed by atoms with E-state index in [1.54, 1.807) is 10.3 Å². The molecule has 4 heteroatoms. The van der Waals surface area contributed by atoms with Gasteiger partial charge in [0.15, 0.2) is 0 Å². The summed E-state index contributed by atoms with van der Waals surface area (Å²) in [4.78, 5) is 0. The molecule has 1 aliphatic carbocycles. The van der Waals surface area contributed by atoms with Crippen LogP contribution in [0.2, 0.25) is 0 Å². The second-order valence-electron chi connectivity index (χ2n) is 3.33. The summed E-state index contributed by atoms with van der Waals surface area (Å²) in [5.74, 6) is 0. The minimum atomic E-state index is 0.869. The van der Waals surface area contributed by atoms with Crippen molar-refractivity contribution in [3.05, 3.63) is 9.89 Å². The van der Waals surface area contributed by atoms with E-state index < -0.39 is 0 Å². The van der Waals surface area contributed by atoms with E-state index in [1.807, 2.05) is 22.1 Å². The van der Waals surface area contributed by atoms with Crippen LogP contribution in [0.25, 0.3) is 0 Å². The van der Waals surface area contributed by atoms with Crippen molar-refractivity contribution in [2.45, 2.75) is 41.6 Å². The Morgan fingerprint density at radius 1 is 1.23 bits per heavy atom. The normalized spacial score (nSPS) is 19.1. The molecule has 13 heavy (non-hydrogen) atoms. The van der Waals surface area contributed by atoms with Gasteiger partial charge in [0.1, 0.15) is 3.82 Å². The number of hydrogen-bond donors (Lipinski definition) is 0. The van der Waals surface area contributed by atoms with Crippen LogP contribution in [0.1, 0.15) is 32.1 Å². The van der Waals surface area contributed by atoms with Crippen molar-refractivity contribution >= 4 is 44.7 Å². The fraction of sp³-hybridized carbons (Fsp3) is 0.667. The van der Waals surface area contributed by atoms with Gasteiger partial charge in [-0.2, -0.15) is 0 Å². The standard InChI is InChI=1S/C9H12S4/c10-8-6-9(13-12-8)11-7-4-2-1-3-5-7/h6-7H,1-5H2. The van der Waals surface area contributed by atoms with Crippen LogP contribution in [-0.2, 0) is 0 Å². The maximum Gasteiger partial charge on any atom is 0.103 e. The van der Waals surface area contributed by atoms with Gasteiger partial charge >= 0.3 is 0 Å². The Hall–Kier alpha value is 0.620. The van der Waals surface area contributed by atoms with Gasteiger partial charge in [0.2, 0.25) is 0 Å². The molecule has 0 spiro atoms. The highest BCUT2D eigenvalue weighted by atomic mass is 32.9. The molecule has 1 aliphatic rings. The zero-order valence-corrected chi connectivity index (χ0v) is 10.6. The van der Waals surface area contributed by atoms with Gasteiger partial charge in [-0.05, 0) is 18.9 Å². The summed E-state index contributed by atoms with van der Waals surface area (Å²) in [7, 11) is 3.57. The van der Waals surface area contributed by atoms with Crippen molar-refractivity contribution < 1.29 is 0 Å². The predicted octanol–water partition coefficient (Wildman–Crippen LogP) is 4.96. The topological polar surface area (TPSA) is 0 Å². The first-order valence-electron chi connectivity index (χ1n) is 4.61. The van der Waals surface area contributed by atoms with E-state index in [9.17, 15) is 0 Å². The molecule has 0 nitrogen and oxygen atoms in total. The van der Waals surface area contributed by atoms with Crippen molar-refractivity contribution in [3.8, 4) is 0 Å². The van der Waals surface area contributed by atoms with Crippen LogP contribution in [0.15, 0.2) is 10.3 Å². The highest BCUT2D eigenvalue weighted by Crippen LogP contribution is 2.37. The molecule has 0 aromatic carbocycles. The van der Waals surface area contributed by atoms with Crippen LogP contribution in [0, 0.1) is 3.82 Å². The molecule has 1 saturated carbocycles. The highest BCUT2D eigenvalue weighted by Gasteiger charge is 2.14. The quantitative estimate of drug-likeness (QED) is 0.536. The first-order chi connectivity index (χ1) is 6.34. The van der Waals surface area contributed by atoms with Gasteiger partial charge < -0.3 is 0 Å². The lowest BCUT2D eigenvalue weighted by Gasteiger charge is -2.19. The molecular weight excluding hydrogens is 236 g/mol. The summed E-state index contributed by atoms with van der Waals surface area (Å²) < 4.78 is 2.48. The first-order valence-corrected chi connectivity index (χ1v) is 8.05. The van der Waals surface area contributed by atoms with E-state index in [2.05, 4.69) is 6.07 Å².